The van der Waals surface area contributed by atoms with Crippen molar-refractivity contribution in [1.29, 1.82) is 0 Å². The highest BCUT2D eigenvalue weighted by atomic mass is 16.3. The highest BCUT2D eigenvalue weighted by Crippen LogP contribution is 2.37. The third-order valence-corrected chi connectivity index (χ3v) is 6.24. The third kappa shape index (κ3) is 3.62. The van der Waals surface area contributed by atoms with Crippen LogP contribution in [0.5, 0.6) is 0 Å². The van der Waals surface area contributed by atoms with Gasteiger partial charge in [0.25, 0.3) is 0 Å². The summed E-state index contributed by atoms with van der Waals surface area (Å²) in [6, 6.07) is 37.3. The molecule has 0 atom stereocenters. The van der Waals surface area contributed by atoms with Crippen LogP contribution in [0.1, 0.15) is 13.8 Å². The largest absolute Gasteiger partial charge is 0.456 e. The van der Waals surface area contributed by atoms with E-state index in [0.29, 0.717) is 0 Å². The Kier molecular flexibility index (Phi) is 5.23. The van der Waals surface area contributed by atoms with Gasteiger partial charge in [0.05, 0.1) is 0 Å². The first-order chi connectivity index (χ1) is 17.3. The second-order valence-corrected chi connectivity index (χ2v) is 8.30. The van der Waals surface area contributed by atoms with Gasteiger partial charge in [0.1, 0.15) is 22.3 Å². The van der Waals surface area contributed by atoms with Gasteiger partial charge in [-0.15, -0.1) is 0 Å². The molecule has 7 aromatic rings. The Hall–Kier alpha value is -4.50. The van der Waals surface area contributed by atoms with E-state index in [4.69, 9.17) is 8.83 Å². The lowest BCUT2D eigenvalue weighted by Gasteiger charge is -2.09. The van der Waals surface area contributed by atoms with Crippen molar-refractivity contribution in [2.45, 2.75) is 13.8 Å². The van der Waals surface area contributed by atoms with Crippen molar-refractivity contribution in [2.75, 3.05) is 5.32 Å². The molecule has 3 nitrogen and oxygen atoms in total. The minimum absolute atomic E-state index is 0.895. The number of anilines is 2. The van der Waals surface area contributed by atoms with Crippen LogP contribution >= 0.6 is 0 Å². The van der Waals surface area contributed by atoms with Gasteiger partial charge in [-0.05, 0) is 48.0 Å². The predicted octanol–water partition coefficient (Wildman–Crippen LogP) is 9.92. The molecule has 0 saturated carbocycles. The molecule has 35 heavy (non-hydrogen) atoms. The molecule has 170 valence electrons. The van der Waals surface area contributed by atoms with Gasteiger partial charge in [0.15, 0.2) is 0 Å². The van der Waals surface area contributed by atoms with Crippen LogP contribution in [0.3, 0.4) is 0 Å². The molecular weight excluding hydrogens is 430 g/mol. The summed E-state index contributed by atoms with van der Waals surface area (Å²) in [5.74, 6) is 0. The SMILES string of the molecule is CC.c1cc(Nc2ccc3oc4ccccc4c3c2)cc(-c2cccc3c2oc2ccccc23)c1. The number of furan rings is 2. The average molecular weight is 456 g/mol. The van der Waals surface area contributed by atoms with Crippen LogP contribution in [0.25, 0.3) is 55.0 Å². The second kappa shape index (κ2) is 8.69. The Bertz CT molecular complexity index is 1810. The molecule has 3 heteroatoms. The zero-order chi connectivity index (χ0) is 23.8. The number of fused-ring (bicyclic) bond motifs is 6. The lowest BCUT2D eigenvalue weighted by Crippen LogP contribution is -1.90. The van der Waals surface area contributed by atoms with E-state index >= 15 is 0 Å². The van der Waals surface area contributed by atoms with Gasteiger partial charge >= 0.3 is 0 Å². The fourth-order valence-electron chi connectivity index (χ4n) is 4.71. The van der Waals surface area contributed by atoms with E-state index in [9.17, 15) is 0 Å². The standard InChI is InChI=1S/C30H19NO2.C2H6/c1-4-14-28-23(9-1)25-12-6-11-22(30(25)33-28)19-7-5-8-20(17-19)31-21-15-16-29-26(18-21)24-10-2-3-13-27(24)32-29;1-2/h1-18,31H;1-2H3. The van der Waals surface area contributed by atoms with Gasteiger partial charge in [-0.25, -0.2) is 0 Å². The van der Waals surface area contributed by atoms with Gasteiger partial charge in [0.2, 0.25) is 0 Å². The molecule has 0 aliphatic carbocycles. The Morgan fingerprint density at radius 3 is 1.94 bits per heavy atom. The van der Waals surface area contributed by atoms with E-state index < -0.39 is 0 Å². The van der Waals surface area contributed by atoms with Gasteiger partial charge < -0.3 is 14.2 Å². The van der Waals surface area contributed by atoms with Gasteiger partial charge in [0, 0.05) is 38.5 Å². The van der Waals surface area contributed by atoms with Crippen LogP contribution in [-0.2, 0) is 0 Å². The third-order valence-electron chi connectivity index (χ3n) is 6.24. The minimum Gasteiger partial charge on any atom is -0.456 e. The van der Waals surface area contributed by atoms with Crippen LogP contribution in [0, 0.1) is 0 Å². The Balaban J connectivity index is 0.00000112. The van der Waals surface area contributed by atoms with Crippen molar-refractivity contribution in [3.8, 4) is 11.1 Å². The molecule has 0 radical (unpaired) electrons. The molecule has 0 aliphatic rings. The van der Waals surface area contributed by atoms with Crippen molar-refractivity contribution in [3.05, 3.63) is 109 Å². The molecule has 1 N–H and O–H groups in total. The fourth-order valence-corrected chi connectivity index (χ4v) is 4.71. The van der Waals surface area contributed by atoms with Crippen LogP contribution in [-0.4, -0.2) is 0 Å². The molecule has 0 amide bonds. The topological polar surface area (TPSA) is 38.3 Å². The van der Waals surface area contributed by atoms with E-state index in [1.807, 2.05) is 50.2 Å². The average Bonchev–Trinajstić information content (AvgIpc) is 3.48. The fraction of sp³-hybridized carbons (Fsp3) is 0.0625. The van der Waals surface area contributed by atoms with E-state index in [2.05, 4.69) is 78.1 Å². The van der Waals surface area contributed by atoms with Crippen molar-refractivity contribution < 1.29 is 8.83 Å². The van der Waals surface area contributed by atoms with Crippen LogP contribution < -0.4 is 5.32 Å². The number of benzene rings is 5. The zero-order valence-electron chi connectivity index (χ0n) is 19.7. The minimum atomic E-state index is 0.895. The van der Waals surface area contributed by atoms with Gasteiger partial charge in [-0.2, -0.15) is 0 Å². The number of nitrogens with one attached hydrogen (secondary N) is 1. The maximum absolute atomic E-state index is 6.25. The molecule has 2 heterocycles. The summed E-state index contributed by atoms with van der Waals surface area (Å²) in [4.78, 5) is 0. The molecule has 0 saturated heterocycles. The molecule has 5 aromatic carbocycles. The van der Waals surface area contributed by atoms with E-state index in [-0.39, 0.29) is 0 Å². The molecule has 0 unspecified atom stereocenters. The summed E-state index contributed by atoms with van der Waals surface area (Å²) in [7, 11) is 0. The Labute approximate surface area is 203 Å². The second-order valence-electron chi connectivity index (χ2n) is 8.30. The lowest BCUT2D eigenvalue weighted by atomic mass is 10.0. The summed E-state index contributed by atoms with van der Waals surface area (Å²) in [6.45, 7) is 4.00. The zero-order valence-corrected chi connectivity index (χ0v) is 19.7. The number of hydrogen-bond acceptors (Lipinski definition) is 3. The molecule has 0 spiro atoms. The summed E-state index contributed by atoms with van der Waals surface area (Å²) >= 11 is 0. The van der Waals surface area contributed by atoms with Crippen molar-refractivity contribution in [3.63, 3.8) is 0 Å². The maximum atomic E-state index is 6.25. The van der Waals surface area contributed by atoms with Crippen LogP contribution in [0.4, 0.5) is 11.4 Å². The Morgan fingerprint density at radius 2 is 1.11 bits per heavy atom. The van der Waals surface area contributed by atoms with Crippen LogP contribution in [0.2, 0.25) is 0 Å². The Morgan fingerprint density at radius 1 is 0.486 bits per heavy atom. The molecule has 0 fully saturated rings. The maximum Gasteiger partial charge on any atom is 0.143 e. The molecule has 0 bridgehead atoms. The number of para-hydroxylation sites is 3. The highest BCUT2D eigenvalue weighted by Gasteiger charge is 2.12. The van der Waals surface area contributed by atoms with E-state index in [0.717, 1.165) is 66.4 Å². The van der Waals surface area contributed by atoms with Gasteiger partial charge in [-0.1, -0.05) is 80.6 Å². The summed E-state index contributed by atoms with van der Waals surface area (Å²) in [6.07, 6.45) is 0. The predicted molar refractivity (Wildman–Crippen MR) is 148 cm³/mol. The summed E-state index contributed by atoms with van der Waals surface area (Å²) in [5.41, 5.74) is 7.87. The lowest BCUT2D eigenvalue weighted by molar-refractivity contribution is 0.669. The van der Waals surface area contributed by atoms with E-state index in [1.165, 1.54) is 0 Å². The number of hydrogen-bond donors (Lipinski definition) is 1. The highest BCUT2D eigenvalue weighted by molar-refractivity contribution is 6.09. The molecular formula is C32H25NO2. The first kappa shape index (κ1) is 21.1. The first-order valence-electron chi connectivity index (χ1n) is 12.0. The number of rotatable bonds is 3. The van der Waals surface area contributed by atoms with Crippen molar-refractivity contribution in [1.82, 2.24) is 0 Å². The smallest absolute Gasteiger partial charge is 0.143 e. The van der Waals surface area contributed by atoms with E-state index in [1.54, 1.807) is 0 Å². The first-order valence-corrected chi connectivity index (χ1v) is 12.0. The normalized spacial score (nSPS) is 11.1. The molecule has 0 aliphatic heterocycles. The van der Waals surface area contributed by atoms with Gasteiger partial charge in [-0.3, -0.25) is 0 Å². The van der Waals surface area contributed by atoms with Crippen LogP contribution in [0.15, 0.2) is 118 Å². The monoisotopic (exact) mass is 455 g/mol. The van der Waals surface area contributed by atoms with Crippen molar-refractivity contribution in [2.24, 2.45) is 0 Å². The molecule has 7 rings (SSSR count). The molecule has 2 aromatic heterocycles. The van der Waals surface area contributed by atoms with Crippen molar-refractivity contribution >= 4 is 55.3 Å². The quantitative estimate of drug-likeness (QED) is 0.288. The summed E-state index contributed by atoms with van der Waals surface area (Å²) < 4.78 is 12.2. The summed E-state index contributed by atoms with van der Waals surface area (Å²) in [5, 5.41) is 8.08.